The highest BCUT2D eigenvalue weighted by atomic mass is 35.5. The molecule has 0 atom stereocenters. The van der Waals surface area contributed by atoms with Gasteiger partial charge in [0.15, 0.2) is 0 Å². The molecule has 0 aliphatic heterocycles. The average molecular weight is 284 g/mol. The van der Waals surface area contributed by atoms with Crippen LogP contribution >= 0.6 is 22.9 Å². The summed E-state index contributed by atoms with van der Waals surface area (Å²) in [5.74, 6) is 0. The molecule has 2 aromatic heterocycles. The second-order valence-corrected chi connectivity index (χ2v) is 5.60. The van der Waals surface area contributed by atoms with Crippen molar-refractivity contribution in [2.75, 3.05) is 6.54 Å². The molecule has 0 aromatic carbocycles. The van der Waals surface area contributed by atoms with Gasteiger partial charge in [-0.05, 0) is 24.3 Å². The van der Waals surface area contributed by atoms with Crippen molar-refractivity contribution < 1.29 is 0 Å². The predicted octanol–water partition coefficient (Wildman–Crippen LogP) is 3.03. The minimum atomic E-state index is 0.772. The van der Waals surface area contributed by atoms with Gasteiger partial charge in [0, 0.05) is 25.0 Å². The van der Waals surface area contributed by atoms with Crippen molar-refractivity contribution in [1.29, 1.82) is 0 Å². The van der Waals surface area contributed by atoms with Gasteiger partial charge in [0.25, 0.3) is 0 Å². The Hall–Kier alpha value is -0.840. The second kappa shape index (κ2) is 6.36. The summed E-state index contributed by atoms with van der Waals surface area (Å²) >= 11 is 8.09. The summed E-state index contributed by atoms with van der Waals surface area (Å²) in [5.41, 5.74) is 2.05. The summed E-state index contributed by atoms with van der Waals surface area (Å²) in [4.78, 5) is 1.41. The zero-order chi connectivity index (χ0) is 13.0. The van der Waals surface area contributed by atoms with Crippen LogP contribution in [0.4, 0.5) is 0 Å². The van der Waals surface area contributed by atoms with Gasteiger partial charge in [-0.25, -0.2) is 0 Å². The number of hydrogen-bond acceptors (Lipinski definition) is 3. The van der Waals surface area contributed by atoms with Gasteiger partial charge in [-0.1, -0.05) is 24.6 Å². The van der Waals surface area contributed by atoms with Crippen LogP contribution in [0, 0.1) is 0 Å². The van der Waals surface area contributed by atoms with Gasteiger partial charge >= 0.3 is 0 Å². The lowest BCUT2D eigenvalue weighted by molar-refractivity contribution is 0.625. The Bertz CT molecular complexity index is 491. The van der Waals surface area contributed by atoms with Crippen molar-refractivity contribution in [2.24, 2.45) is 7.05 Å². The first-order valence-corrected chi connectivity index (χ1v) is 7.41. The Morgan fingerprint density at radius 1 is 1.50 bits per heavy atom. The van der Waals surface area contributed by atoms with Crippen molar-refractivity contribution in [3.05, 3.63) is 38.8 Å². The number of halogens is 1. The van der Waals surface area contributed by atoms with Crippen LogP contribution in [0.5, 0.6) is 0 Å². The van der Waals surface area contributed by atoms with Crippen LogP contribution in [0.3, 0.4) is 0 Å². The van der Waals surface area contributed by atoms with Crippen LogP contribution in [0.1, 0.15) is 23.2 Å². The summed E-state index contributed by atoms with van der Waals surface area (Å²) in [6, 6.07) is 4.25. The molecule has 2 rings (SSSR count). The first kappa shape index (κ1) is 13.6. The Balaban J connectivity index is 1.85. The van der Waals surface area contributed by atoms with E-state index in [-0.39, 0.29) is 0 Å². The van der Waals surface area contributed by atoms with E-state index in [9.17, 15) is 0 Å². The van der Waals surface area contributed by atoms with Crippen LogP contribution in [0.15, 0.2) is 17.5 Å². The fourth-order valence-electron chi connectivity index (χ4n) is 1.89. The van der Waals surface area contributed by atoms with Gasteiger partial charge in [-0.15, -0.1) is 11.3 Å². The molecule has 0 saturated carbocycles. The molecular formula is C13H18ClN3S. The fraction of sp³-hybridized carbons (Fsp3) is 0.462. The molecule has 0 aliphatic rings. The molecule has 0 unspecified atom stereocenters. The summed E-state index contributed by atoms with van der Waals surface area (Å²) in [7, 11) is 1.95. The lowest BCUT2D eigenvalue weighted by Gasteiger charge is -2.05. The van der Waals surface area contributed by atoms with E-state index in [4.69, 9.17) is 11.6 Å². The molecule has 98 valence electrons. The Morgan fingerprint density at radius 2 is 2.33 bits per heavy atom. The third-order valence-electron chi connectivity index (χ3n) is 2.92. The van der Waals surface area contributed by atoms with E-state index in [1.807, 2.05) is 11.7 Å². The highest BCUT2D eigenvalue weighted by Crippen LogP contribution is 2.20. The third kappa shape index (κ3) is 3.13. The van der Waals surface area contributed by atoms with Gasteiger partial charge in [0.2, 0.25) is 0 Å². The molecular weight excluding hydrogens is 266 g/mol. The molecule has 3 nitrogen and oxygen atoms in total. The molecule has 0 amide bonds. The van der Waals surface area contributed by atoms with Crippen molar-refractivity contribution in [3.63, 3.8) is 0 Å². The van der Waals surface area contributed by atoms with Gasteiger partial charge in [0.1, 0.15) is 0 Å². The standard InChI is InChI=1S/C13H18ClN3S/c1-3-11-13(14)12(17(2)16-11)9-15-7-6-10-5-4-8-18-10/h4-5,8,15H,3,6-7,9H2,1-2H3. The van der Waals surface area contributed by atoms with Crippen LogP contribution < -0.4 is 5.32 Å². The Labute approximate surface area is 117 Å². The van der Waals surface area contributed by atoms with Crippen LogP contribution in [-0.4, -0.2) is 16.3 Å². The van der Waals surface area contributed by atoms with E-state index >= 15 is 0 Å². The van der Waals surface area contributed by atoms with Gasteiger partial charge in [-0.2, -0.15) is 5.10 Å². The minimum Gasteiger partial charge on any atom is -0.311 e. The summed E-state index contributed by atoms with van der Waals surface area (Å²) in [6.07, 6.45) is 1.94. The van der Waals surface area contributed by atoms with Crippen molar-refractivity contribution in [1.82, 2.24) is 15.1 Å². The second-order valence-electron chi connectivity index (χ2n) is 4.19. The molecule has 0 radical (unpaired) electrons. The number of nitrogens with zero attached hydrogens (tertiary/aromatic N) is 2. The van der Waals surface area contributed by atoms with Crippen LogP contribution in [0.25, 0.3) is 0 Å². The highest BCUT2D eigenvalue weighted by molar-refractivity contribution is 7.09. The monoisotopic (exact) mass is 283 g/mol. The number of nitrogens with one attached hydrogen (secondary N) is 1. The first-order chi connectivity index (χ1) is 8.72. The molecule has 18 heavy (non-hydrogen) atoms. The quantitative estimate of drug-likeness (QED) is 0.826. The maximum absolute atomic E-state index is 6.29. The summed E-state index contributed by atoms with van der Waals surface area (Å²) in [5, 5.41) is 10.7. The minimum absolute atomic E-state index is 0.772. The molecule has 0 bridgehead atoms. The number of hydrogen-bond donors (Lipinski definition) is 1. The fourth-order valence-corrected chi connectivity index (χ4v) is 2.95. The van der Waals surface area contributed by atoms with E-state index in [0.29, 0.717) is 0 Å². The van der Waals surface area contributed by atoms with E-state index < -0.39 is 0 Å². The van der Waals surface area contributed by atoms with E-state index in [0.717, 1.165) is 42.3 Å². The summed E-state index contributed by atoms with van der Waals surface area (Å²) < 4.78 is 1.87. The van der Waals surface area contributed by atoms with Crippen molar-refractivity contribution >= 4 is 22.9 Å². The van der Waals surface area contributed by atoms with Crippen LogP contribution in [-0.2, 0) is 26.4 Å². The number of aromatic nitrogens is 2. The zero-order valence-corrected chi connectivity index (χ0v) is 12.3. The van der Waals surface area contributed by atoms with Crippen molar-refractivity contribution in [2.45, 2.75) is 26.3 Å². The molecule has 2 aromatic rings. The van der Waals surface area contributed by atoms with Crippen molar-refractivity contribution in [3.8, 4) is 0 Å². The lowest BCUT2D eigenvalue weighted by atomic mass is 10.3. The number of aryl methyl sites for hydroxylation is 2. The predicted molar refractivity (Wildman–Crippen MR) is 77.3 cm³/mol. The van der Waals surface area contributed by atoms with Crippen LogP contribution in [0.2, 0.25) is 5.02 Å². The molecule has 0 aliphatic carbocycles. The van der Waals surface area contributed by atoms with E-state index in [1.165, 1.54) is 4.88 Å². The average Bonchev–Trinajstić information content (AvgIpc) is 2.96. The molecule has 0 fully saturated rings. The Morgan fingerprint density at radius 3 is 2.94 bits per heavy atom. The molecule has 2 heterocycles. The van der Waals surface area contributed by atoms with E-state index in [2.05, 4.69) is 34.9 Å². The largest absolute Gasteiger partial charge is 0.311 e. The molecule has 0 spiro atoms. The molecule has 1 N–H and O–H groups in total. The number of rotatable bonds is 6. The third-order valence-corrected chi connectivity index (χ3v) is 4.30. The topological polar surface area (TPSA) is 29.9 Å². The SMILES string of the molecule is CCc1nn(C)c(CNCCc2cccs2)c1Cl. The highest BCUT2D eigenvalue weighted by Gasteiger charge is 2.11. The van der Waals surface area contributed by atoms with Gasteiger partial charge in [-0.3, -0.25) is 4.68 Å². The first-order valence-electron chi connectivity index (χ1n) is 6.15. The summed E-state index contributed by atoms with van der Waals surface area (Å²) in [6.45, 7) is 3.80. The maximum Gasteiger partial charge on any atom is 0.0863 e. The molecule has 0 saturated heterocycles. The number of thiophene rings is 1. The van der Waals surface area contributed by atoms with Gasteiger partial charge < -0.3 is 5.32 Å². The van der Waals surface area contributed by atoms with E-state index in [1.54, 1.807) is 11.3 Å². The normalized spacial score (nSPS) is 11.1. The lowest BCUT2D eigenvalue weighted by Crippen LogP contribution is -2.18. The maximum atomic E-state index is 6.29. The zero-order valence-electron chi connectivity index (χ0n) is 10.7. The Kier molecular flexibility index (Phi) is 4.80. The smallest absolute Gasteiger partial charge is 0.0863 e. The molecule has 5 heteroatoms. The van der Waals surface area contributed by atoms with Gasteiger partial charge in [0.05, 0.1) is 16.4 Å².